The monoisotopic (exact) mass is 258 g/mol. The minimum absolute atomic E-state index is 0.502. The third-order valence-corrected chi connectivity index (χ3v) is 2.63. The van der Waals surface area contributed by atoms with E-state index in [9.17, 15) is 0 Å². The molecule has 2 aromatic rings. The van der Waals surface area contributed by atoms with Gasteiger partial charge in [0.25, 0.3) is 0 Å². The average molecular weight is 259 g/mol. The van der Waals surface area contributed by atoms with Gasteiger partial charge in [-0.3, -0.25) is 9.97 Å². The van der Waals surface area contributed by atoms with Gasteiger partial charge in [0, 0.05) is 11.2 Å². The van der Waals surface area contributed by atoms with Gasteiger partial charge in [0.1, 0.15) is 6.07 Å². The zero-order valence-corrected chi connectivity index (χ0v) is 10.6. The molecule has 0 aliphatic heterocycles. The van der Waals surface area contributed by atoms with E-state index in [2.05, 4.69) is 21.4 Å². The molecule has 0 radical (unpaired) electrons. The Balaban J connectivity index is 2.13. The standard InChI is InChI=1S/C13H11ClN4/c1-9-6-17-12(7-16-9)8-18-13-4-11(14)3-2-10(13)5-15/h2-4,6-7,18H,8H2,1H3. The van der Waals surface area contributed by atoms with Crippen LogP contribution >= 0.6 is 11.6 Å². The number of anilines is 1. The lowest BCUT2D eigenvalue weighted by Gasteiger charge is -2.08. The van der Waals surface area contributed by atoms with Gasteiger partial charge in [0.05, 0.1) is 35.4 Å². The first kappa shape index (κ1) is 12.3. The number of nitriles is 1. The molecule has 0 atom stereocenters. The topological polar surface area (TPSA) is 61.6 Å². The Kier molecular flexibility index (Phi) is 3.75. The van der Waals surface area contributed by atoms with Crippen molar-refractivity contribution in [3.05, 3.63) is 52.6 Å². The third kappa shape index (κ3) is 2.96. The van der Waals surface area contributed by atoms with E-state index in [0.717, 1.165) is 11.4 Å². The molecule has 0 bridgehead atoms. The summed E-state index contributed by atoms with van der Waals surface area (Å²) in [6.07, 6.45) is 3.42. The van der Waals surface area contributed by atoms with Crippen molar-refractivity contribution in [3.8, 4) is 6.07 Å². The van der Waals surface area contributed by atoms with Gasteiger partial charge in [-0.15, -0.1) is 0 Å². The second-order valence-corrected chi connectivity index (χ2v) is 4.24. The highest BCUT2D eigenvalue weighted by Gasteiger charge is 2.03. The van der Waals surface area contributed by atoms with Gasteiger partial charge in [-0.05, 0) is 25.1 Å². The smallest absolute Gasteiger partial charge is 0.101 e. The molecular formula is C13H11ClN4. The third-order valence-electron chi connectivity index (χ3n) is 2.40. The fourth-order valence-corrected chi connectivity index (χ4v) is 1.63. The molecule has 18 heavy (non-hydrogen) atoms. The average Bonchev–Trinajstić information content (AvgIpc) is 2.38. The molecule has 1 heterocycles. The van der Waals surface area contributed by atoms with Crippen LogP contribution in [0.25, 0.3) is 0 Å². The van der Waals surface area contributed by atoms with Gasteiger partial charge in [-0.25, -0.2) is 0 Å². The van der Waals surface area contributed by atoms with Crippen molar-refractivity contribution in [1.29, 1.82) is 5.26 Å². The molecule has 1 N–H and O–H groups in total. The molecule has 4 nitrogen and oxygen atoms in total. The van der Waals surface area contributed by atoms with Gasteiger partial charge in [0.2, 0.25) is 0 Å². The molecule has 1 aromatic heterocycles. The van der Waals surface area contributed by atoms with Crippen molar-refractivity contribution in [2.45, 2.75) is 13.5 Å². The number of aryl methyl sites for hydroxylation is 1. The van der Waals surface area contributed by atoms with Crippen molar-refractivity contribution in [3.63, 3.8) is 0 Å². The number of benzene rings is 1. The number of halogens is 1. The predicted octanol–water partition coefficient (Wildman–Crippen LogP) is 2.92. The van der Waals surface area contributed by atoms with Gasteiger partial charge in [-0.1, -0.05) is 11.6 Å². The van der Waals surface area contributed by atoms with Crippen LogP contribution in [0.1, 0.15) is 17.0 Å². The summed E-state index contributed by atoms with van der Waals surface area (Å²) in [5, 5.41) is 12.7. The molecule has 0 aliphatic rings. The van der Waals surface area contributed by atoms with Crippen LogP contribution < -0.4 is 5.32 Å². The van der Waals surface area contributed by atoms with Crippen LogP contribution in [0.4, 0.5) is 5.69 Å². The number of hydrogen-bond acceptors (Lipinski definition) is 4. The quantitative estimate of drug-likeness (QED) is 0.920. The maximum absolute atomic E-state index is 8.98. The second-order valence-electron chi connectivity index (χ2n) is 3.80. The highest BCUT2D eigenvalue weighted by atomic mass is 35.5. The zero-order chi connectivity index (χ0) is 13.0. The fourth-order valence-electron chi connectivity index (χ4n) is 1.46. The van der Waals surface area contributed by atoms with E-state index in [1.807, 2.05) is 6.92 Å². The Morgan fingerprint density at radius 3 is 2.83 bits per heavy atom. The molecule has 0 saturated heterocycles. The minimum Gasteiger partial charge on any atom is -0.378 e. The van der Waals surface area contributed by atoms with Crippen LogP contribution in [0.15, 0.2) is 30.6 Å². The van der Waals surface area contributed by atoms with Gasteiger partial charge >= 0.3 is 0 Å². The Labute approximate surface area is 110 Å². The van der Waals surface area contributed by atoms with Gasteiger partial charge < -0.3 is 5.32 Å². The molecule has 2 rings (SSSR count). The Hall–Kier alpha value is -2.12. The molecule has 0 fully saturated rings. The van der Waals surface area contributed by atoms with Crippen LogP contribution in [0.3, 0.4) is 0 Å². The maximum atomic E-state index is 8.98. The lowest BCUT2D eigenvalue weighted by atomic mass is 10.2. The summed E-state index contributed by atoms with van der Waals surface area (Å²) < 4.78 is 0. The summed E-state index contributed by atoms with van der Waals surface area (Å²) in [7, 11) is 0. The summed E-state index contributed by atoms with van der Waals surface area (Å²) in [4.78, 5) is 8.39. The van der Waals surface area contributed by atoms with Crippen LogP contribution in [0.5, 0.6) is 0 Å². The first-order valence-electron chi connectivity index (χ1n) is 5.40. The highest BCUT2D eigenvalue weighted by Crippen LogP contribution is 2.20. The van der Waals surface area contributed by atoms with Crippen LogP contribution in [-0.2, 0) is 6.54 Å². The Morgan fingerprint density at radius 2 is 2.17 bits per heavy atom. The summed E-state index contributed by atoms with van der Waals surface area (Å²) in [5.41, 5.74) is 2.94. The molecule has 5 heteroatoms. The lowest BCUT2D eigenvalue weighted by molar-refractivity contribution is 0.984. The second kappa shape index (κ2) is 5.48. The van der Waals surface area contributed by atoms with Crippen molar-refractivity contribution in [1.82, 2.24) is 9.97 Å². The van der Waals surface area contributed by atoms with Crippen molar-refractivity contribution >= 4 is 17.3 Å². The molecule has 0 saturated carbocycles. The molecule has 1 aromatic carbocycles. The largest absolute Gasteiger partial charge is 0.378 e. The lowest BCUT2D eigenvalue weighted by Crippen LogP contribution is -2.04. The van der Waals surface area contributed by atoms with Crippen LogP contribution in [0.2, 0.25) is 5.02 Å². The van der Waals surface area contributed by atoms with Crippen molar-refractivity contribution in [2.75, 3.05) is 5.32 Å². The van der Waals surface area contributed by atoms with E-state index < -0.39 is 0 Å². The van der Waals surface area contributed by atoms with E-state index >= 15 is 0 Å². The van der Waals surface area contributed by atoms with Gasteiger partial charge in [-0.2, -0.15) is 5.26 Å². The number of hydrogen-bond donors (Lipinski definition) is 1. The molecule has 90 valence electrons. The molecule has 0 aliphatic carbocycles. The normalized spacial score (nSPS) is 9.83. The minimum atomic E-state index is 0.502. The molecule has 0 amide bonds. The summed E-state index contributed by atoms with van der Waals surface area (Å²) in [6.45, 7) is 2.39. The summed E-state index contributed by atoms with van der Waals surface area (Å²) in [6, 6.07) is 7.21. The Morgan fingerprint density at radius 1 is 1.33 bits per heavy atom. The van der Waals surface area contributed by atoms with E-state index in [-0.39, 0.29) is 0 Å². The zero-order valence-electron chi connectivity index (χ0n) is 9.81. The fraction of sp³-hybridized carbons (Fsp3) is 0.154. The number of aromatic nitrogens is 2. The van der Waals surface area contributed by atoms with E-state index in [0.29, 0.717) is 22.8 Å². The highest BCUT2D eigenvalue weighted by molar-refractivity contribution is 6.30. The maximum Gasteiger partial charge on any atom is 0.101 e. The van der Waals surface area contributed by atoms with E-state index in [1.165, 1.54) is 0 Å². The summed E-state index contributed by atoms with van der Waals surface area (Å²) >= 11 is 5.90. The number of nitrogens with zero attached hydrogens (tertiary/aromatic N) is 3. The first-order chi connectivity index (χ1) is 8.69. The number of nitrogens with one attached hydrogen (secondary N) is 1. The van der Waals surface area contributed by atoms with E-state index in [1.54, 1.807) is 30.6 Å². The summed E-state index contributed by atoms with van der Waals surface area (Å²) in [5.74, 6) is 0. The van der Waals surface area contributed by atoms with Crippen molar-refractivity contribution < 1.29 is 0 Å². The Bertz CT molecular complexity index is 587. The molecule has 0 unspecified atom stereocenters. The van der Waals surface area contributed by atoms with Gasteiger partial charge in [0.15, 0.2) is 0 Å². The SMILES string of the molecule is Cc1cnc(CNc2cc(Cl)ccc2C#N)cn1. The first-order valence-corrected chi connectivity index (χ1v) is 5.78. The molecule has 0 spiro atoms. The number of rotatable bonds is 3. The molecular weight excluding hydrogens is 248 g/mol. The van der Waals surface area contributed by atoms with Crippen LogP contribution in [-0.4, -0.2) is 9.97 Å². The van der Waals surface area contributed by atoms with Crippen LogP contribution in [0, 0.1) is 18.3 Å². The predicted molar refractivity (Wildman–Crippen MR) is 70.3 cm³/mol. The van der Waals surface area contributed by atoms with E-state index in [4.69, 9.17) is 16.9 Å². The van der Waals surface area contributed by atoms with Crippen molar-refractivity contribution in [2.24, 2.45) is 0 Å².